The SMILES string of the molecule is CC1CNCCN1Cc1coc(-c2ccc(F)cc2)n1. The van der Waals surface area contributed by atoms with E-state index in [4.69, 9.17) is 4.42 Å². The summed E-state index contributed by atoms with van der Waals surface area (Å²) in [7, 11) is 0. The fourth-order valence-corrected chi connectivity index (χ4v) is 2.43. The summed E-state index contributed by atoms with van der Waals surface area (Å²) in [5.41, 5.74) is 1.71. The van der Waals surface area contributed by atoms with Gasteiger partial charge in [-0.3, -0.25) is 4.90 Å². The Bertz CT molecular complexity index is 567. The maximum Gasteiger partial charge on any atom is 0.226 e. The molecule has 1 N–H and O–H groups in total. The second kappa shape index (κ2) is 5.73. The first-order valence-corrected chi connectivity index (χ1v) is 6.87. The molecule has 1 aromatic heterocycles. The Morgan fingerprint density at radius 1 is 1.40 bits per heavy atom. The van der Waals surface area contributed by atoms with Crippen LogP contribution < -0.4 is 5.32 Å². The molecule has 1 aliphatic rings. The van der Waals surface area contributed by atoms with E-state index in [0.29, 0.717) is 11.9 Å². The third-order valence-corrected chi connectivity index (χ3v) is 3.65. The smallest absolute Gasteiger partial charge is 0.226 e. The normalized spacial score (nSPS) is 20.2. The van der Waals surface area contributed by atoms with Gasteiger partial charge in [-0.05, 0) is 31.2 Å². The summed E-state index contributed by atoms with van der Waals surface area (Å²) < 4.78 is 18.4. The molecule has 1 atom stereocenters. The van der Waals surface area contributed by atoms with Gasteiger partial charge in [0.05, 0.1) is 5.69 Å². The lowest BCUT2D eigenvalue weighted by Crippen LogP contribution is -2.49. The zero-order chi connectivity index (χ0) is 13.9. The van der Waals surface area contributed by atoms with Crippen LogP contribution in [0.2, 0.25) is 0 Å². The number of piperazine rings is 1. The average Bonchev–Trinajstić information content (AvgIpc) is 2.91. The number of nitrogens with zero attached hydrogens (tertiary/aromatic N) is 2. The van der Waals surface area contributed by atoms with Crippen LogP contribution in [0.5, 0.6) is 0 Å². The molecule has 4 nitrogen and oxygen atoms in total. The van der Waals surface area contributed by atoms with E-state index in [1.54, 1.807) is 18.4 Å². The van der Waals surface area contributed by atoms with Crippen molar-refractivity contribution in [2.45, 2.75) is 19.5 Å². The maximum atomic E-state index is 12.9. The van der Waals surface area contributed by atoms with E-state index in [1.165, 1.54) is 12.1 Å². The maximum absolute atomic E-state index is 12.9. The molecule has 0 saturated carbocycles. The molecule has 2 aromatic rings. The standard InChI is InChI=1S/C15H18FN3O/c1-11-8-17-6-7-19(11)9-14-10-20-15(18-14)12-2-4-13(16)5-3-12/h2-5,10-11,17H,6-9H2,1H3. The van der Waals surface area contributed by atoms with Gasteiger partial charge in [-0.25, -0.2) is 9.37 Å². The molecule has 3 rings (SSSR count). The van der Waals surface area contributed by atoms with Crippen LogP contribution in [0.1, 0.15) is 12.6 Å². The first-order valence-electron chi connectivity index (χ1n) is 6.87. The Balaban J connectivity index is 1.71. The third kappa shape index (κ3) is 2.89. The van der Waals surface area contributed by atoms with Gasteiger partial charge < -0.3 is 9.73 Å². The van der Waals surface area contributed by atoms with Gasteiger partial charge >= 0.3 is 0 Å². The number of nitrogens with one attached hydrogen (secondary N) is 1. The molecule has 5 heteroatoms. The fraction of sp³-hybridized carbons (Fsp3) is 0.400. The number of rotatable bonds is 3. The molecule has 1 fully saturated rings. The Morgan fingerprint density at radius 3 is 2.95 bits per heavy atom. The van der Waals surface area contributed by atoms with Gasteiger partial charge in [0.2, 0.25) is 5.89 Å². The Kier molecular flexibility index (Phi) is 3.80. The summed E-state index contributed by atoms with van der Waals surface area (Å²) in [6, 6.07) is 6.68. The highest BCUT2D eigenvalue weighted by Crippen LogP contribution is 2.20. The second-order valence-corrected chi connectivity index (χ2v) is 5.17. The zero-order valence-electron chi connectivity index (χ0n) is 11.5. The molecule has 1 saturated heterocycles. The second-order valence-electron chi connectivity index (χ2n) is 5.17. The van der Waals surface area contributed by atoms with Gasteiger partial charge in [0.15, 0.2) is 0 Å². The molecule has 0 aliphatic carbocycles. The van der Waals surface area contributed by atoms with E-state index in [1.807, 2.05) is 0 Å². The van der Waals surface area contributed by atoms with Gasteiger partial charge in [-0.15, -0.1) is 0 Å². The van der Waals surface area contributed by atoms with Crippen molar-refractivity contribution < 1.29 is 8.81 Å². The first kappa shape index (κ1) is 13.3. The summed E-state index contributed by atoms with van der Waals surface area (Å²) in [4.78, 5) is 6.87. The molecule has 0 spiro atoms. The van der Waals surface area contributed by atoms with Gasteiger partial charge in [0.1, 0.15) is 12.1 Å². The average molecular weight is 275 g/mol. The Hall–Kier alpha value is -1.72. The molecule has 20 heavy (non-hydrogen) atoms. The van der Waals surface area contributed by atoms with Crippen molar-refractivity contribution in [2.75, 3.05) is 19.6 Å². The molecule has 0 radical (unpaired) electrons. The molecular weight excluding hydrogens is 257 g/mol. The number of halogens is 1. The summed E-state index contributed by atoms with van der Waals surface area (Å²) in [6.07, 6.45) is 1.69. The van der Waals surface area contributed by atoms with Crippen molar-refractivity contribution in [1.82, 2.24) is 15.2 Å². The first-order chi connectivity index (χ1) is 9.72. The lowest BCUT2D eigenvalue weighted by atomic mass is 10.2. The quantitative estimate of drug-likeness (QED) is 0.933. The minimum absolute atomic E-state index is 0.254. The van der Waals surface area contributed by atoms with Crippen molar-refractivity contribution in [3.8, 4) is 11.5 Å². The Morgan fingerprint density at radius 2 is 2.20 bits per heavy atom. The van der Waals surface area contributed by atoms with Crippen molar-refractivity contribution in [3.63, 3.8) is 0 Å². The number of hydrogen-bond acceptors (Lipinski definition) is 4. The van der Waals surface area contributed by atoms with Crippen LogP contribution in [0.15, 0.2) is 34.9 Å². The largest absolute Gasteiger partial charge is 0.444 e. The van der Waals surface area contributed by atoms with E-state index in [0.717, 1.165) is 37.4 Å². The van der Waals surface area contributed by atoms with Crippen LogP contribution in [0.25, 0.3) is 11.5 Å². The lowest BCUT2D eigenvalue weighted by Gasteiger charge is -2.33. The molecule has 106 valence electrons. The van der Waals surface area contributed by atoms with Crippen LogP contribution in [0.4, 0.5) is 4.39 Å². The molecule has 0 amide bonds. The minimum atomic E-state index is -0.254. The van der Waals surface area contributed by atoms with E-state index in [2.05, 4.69) is 22.1 Å². The van der Waals surface area contributed by atoms with Crippen LogP contribution in [0.3, 0.4) is 0 Å². The van der Waals surface area contributed by atoms with Gasteiger partial charge in [0, 0.05) is 37.8 Å². The molecule has 1 aromatic carbocycles. The number of hydrogen-bond donors (Lipinski definition) is 1. The van der Waals surface area contributed by atoms with Gasteiger partial charge in [-0.2, -0.15) is 0 Å². The topological polar surface area (TPSA) is 41.3 Å². The van der Waals surface area contributed by atoms with Crippen LogP contribution >= 0.6 is 0 Å². The van der Waals surface area contributed by atoms with E-state index < -0.39 is 0 Å². The monoisotopic (exact) mass is 275 g/mol. The summed E-state index contributed by atoms with van der Waals surface area (Å²) >= 11 is 0. The van der Waals surface area contributed by atoms with Crippen LogP contribution in [-0.2, 0) is 6.54 Å². The van der Waals surface area contributed by atoms with E-state index >= 15 is 0 Å². The predicted octanol–water partition coefficient (Wildman–Crippen LogP) is 2.27. The molecule has 0 bridgehead atoms. The molecule has 1 unspecified atom stereocenters. The number of aromatic nitrogens is 1. The van der Waals surface area contributed by atoms with Crippen molar-refractivity contribution in [1.29, 1.82) is 0 Å². The highest BCUT2D eigenvalue weighted by Gasteiger charge is 2.19. The molecule has 1 aliphatic heterocycles. The number of oxazole rings is 1. The lowest BCUT2D eigenvalue weighted by molar-refractivity contribution is 0.163. The minimum Gasteiger partial charge on any atom is -0.444 e. The van der Waals surface area contributed by atoms with Crippen LogP contribution in [-0.4, -0.2) is 35.6 Å². The highest BCUT2D eigenvalue weighted by molar-refractivity contribution is 5.52. The summed E-state index contributed by atoms with van der Waals surface area (Å²) in [5, 5.41) is 3.37. The zero-order valence-corrected chi connectivity index (χ0v) is 11.5. The van der Waals surface area contributed by atoms with Crippen LogP contribution in [0, 0.1) is 5.82 Å². The summed E-state index contributed by atoms with van der Waals surface area (Å²) in [5.74, 6) is 0.290. The third-order valence-electron chi connectivity index (χ3n) is 3.65. The predicted molar refractivity (Wildman–Crippen MR) is 74.6 cm³/mol. The van der Waals surface area contributed by atoms with Crippen molar-refractivity contribution >= 4 is 0 Å². The fourth-order valence-electron chi connectivity index (χ4n) is 2.43. The summed E-state index contributed by atoms with van der Waals surface area (Å²) in [6.45, 7) is 6.01. The highest BCUT2D eigenvalue weighted by atomic mass is 19.1. The number of benzene rings is 1. The molecule has 2 heterocycles. The van der Waals surface area contributed by atoms with E-state index in [-0.39, 0.29) is 5.82 Å². The van der Waals surface area contributed by atoms with Crippen molar-refractivity contribution in [3.05, 3.63) is 42.0 Å². The molecular formula is C15H18FN3O. The van der Waals surface area contributed by atoms with E-state index in [9.17, 15) is 4.39 Å². The Labute approximate surface area is 117 Å². The van der Waals surface area contributed by atoms with Gasteiger partial charge in [0.25, 0.3) is 0 Å². The van der Waals surface area contributed by atoms with Crippen molar-refractivity contribution in [2.24, 2.45) is 0 Å². The van der Waals surface area contributed by atoms with Gasteiger partial charge in [-0.1, -0.05) is 0 Å².